The van der Waals surface area contributed by atoms with Gasteiger partial charge in [0.1, 0.15) is 5.38 Å². The second-order valence-electron chi connectivity index (χ2n) is 2.89. The van der Waals surface area contributed by atoms with Gasteiger partial charge in [-0.05, 0) is 20.3 Å². The normalized spacial score (nSPS) is 14.5. The fourth-order valence-corrected chi connectivity index (χ4v) is 0.628. The Balaban J connectivity index is 3.81. The van der Waals surface area contributed by atoms with Crippen LogP contribution in [0.3, 0.4) is 0 Å². The molecule has 0 rings (SSSR count). The summed E-state index contributed by atoms with van der Waals surface area (Å²) < 4.78 is 0. The minimum atomic E-state index is -0.692. The molecule has 2 unspecified atom stereocenters. The number of imide groups is 1. The van der Waals surface area contributed by atoms with Crippen molar-refractivity contribution < 1.29 is 9.59 Å². The van der Waals surface area contributed by atoms with Crippen molar-refractivity contribution in [2.75, 3.05) is 0 Å². The van der Waals surface area contributed by atoms with E-state index in [-0.39, 0.29) is 6.04 Å². The highest BCUT2D eigenvalue weighted by Gasteiger charge is 2.13. The average molecular weight is 207 g/mol. The molecule has 0 bridgehead atoms. The Bertz CT molecular complexity index is 195. The minimum Gasteiger partial charge on any atom is -0.335 e. The quantitative estimate of drug-likeness (QED) is 0.683. The van der Waals surface area contributed by atoms with Crippen molar-refractivity contribution in [2.45, 2.75) is 38.6 Å². The number of urea groups is 1. The highest BCUT2D eigenvalue weighted by molar-refractivity contribution is 6.31. The van der Waals surface area contributed by atoms with E-state index in [9.17, 15) is 9.59 Å². The van der Waals surface area contributed by atoms with Gasteiger partial charge in [-0.15, -0.1) is 11.6 Å². The van der Waals surface area contributed by atoms with Crippen molar-refractivity contribution in [3.05, 3.63) is 0 Å². The Labute approximate surface area is 83.0 Å². The van der Waals surface area contributed by atoms with Crippen molar-refractivity contribution in [3.63, 3.8) is 0 Å². The monoisotopic (exact) mass is 206 g/mol. The summed E-state index contributed by atoms with van der Waals surface area (Å²) in [6.07, 6.45) is 0.817. The van der Waals surface area contributed by atoms with Crippen molar-refractivity contribution in [1.29, 1.82) is 0 Å². The highest BCUT2D eigenvalue weighted by atomic mass is 35.5. The summed E-state index contributed by atoms with van der Waals surface area (Å²) in [6.45, 7) is 5.30. The fraction of sp³-hybridized carbons (Fsp3) is 0.750. The van der Waals surface area contributed by atoms with E-state index < -0.39 is 17.3 Å². The topological polar surface area (TPSA) is 58.2 Å². The van der Waals surface area contributed by atoms with E-state index in [1.165, 1.54) is 6.92 Å². The largest absolute Gasteiger partial charge is 0.335 e. The van der Waals surface area contributed by atoms with E-state index in [4.69, 9.17) is 11.6 Å². The Morgan fingerprint density at radius 2 is 1.92 bits per heavy atom. The zero-order valence-electron chi connectivity index (χ0n) is 8.06. The molecule has 0 aliphatic rings. The van der Waals surface area contributed by atoms with E-state index >= 15 is 0 Å². The molecule has 0 saturated carbocycles. The molecule has 0 spiro atoms. The van der Waals surface area contributed by atoms with Gasteiger partial charge in [0.25, 0.3) is 0 Å². The Morgan fingerprint density at radius 1 is 1.38 bits per heavy atom. The number of amides is 3. The van der Waals surface area contributed by atoms with Gasteiger partial charge >= 0.3 is 6.03 Å². The zero-order valence-corrected chi connectivity index (χ0v) is 8.81. The number of rotatable bonds is 3. The summed E-state index contributed by atoms with van der Waals surface area (Å²) in [4.78, 5) is 21.9. The number of halogens is 1. The van der Waals surface area contributed by atoms with Gasteiger partial charge in [-0.25, -0.2) is 4.79 Å². The lowest BCUT2D eigenvalue weighted by Crippen LogP contribution is -2.45. The first-order chi connectivity index (χ1) is 5.97. The third-order valence-electron chi connectivity index (χ3n) is 1.59. The molecule has 4 nitrogen and oxygen atoms in total. The van der Waals surface area contributed by atoms with Crippen LogP contribution in [0.1, 0.15) is 27.2 Å². The summed E-state index contributed by atoms with van der Waals surface area (Å²) in [5, 5.41) is 4.02. The smallest absolute Gasteiger partial charge is 0.321 e. The van der Waals surface area contributed by atoms with Crippen LogP contribution in [0.2, 0.25) is 0 Å². The van der Waals surface area contributed by atoms with Gasteiger partial charge in [0.2, 0.25) is 5.91 Å². The molecule has 0 heterocycles. The number of carbonyl (C=O) groups excluding carboxylic acids is 2. The molecule has 0 radical (unpaired) electrons. The van der Waals surface area contributed by atoms with Crippen LogP contribution in [0.5, 0.6) is 0 Å². The molecular formula is C8H15ClN2O2. The lowest BCUT2D eigenvalue weighted by molar-refractivity contribution is -0.119. The van der Waals surface area contributed by atoms with Crippen molar-refractivity contribution in [1.82, 2.24) is 10.6 Å². The predicted molar refractivity (Wildman–Crippen MR) is 51.7 cm³/mol. The van der Waals surface area contributed by atoms with Crippen molar-refractivity contribution in [3.8, 4) is 0 Å². The first-order valence-electron chi connectivity index (χ1n) is 4.22. The molecule has 0 aromatic carbocycles. The summed E-state index contributed by atoms with van der Waals surface area (Å²) in [7, 11) is 0. The first kappa shape index (κ1) is 12.2. The standard InChI is InChI=1S/C8H15ClN2O2/c1-4-5(2)10-8(13)11-7(12)6(3)9/h5-6H,4H2,1-3H3,(H2,10,11,12,13). The van der Waals surface area contributed by atoms with Gasteiger partial charge in [-0.2, -0.15) is 0 Å². The molecule has 0 aromatic rings. The molecule has 2 N–H and O–H groups in total. The van der Waals surface area contributed by atoms with Gasteiger partial charge in [0, 0.05) is 6.04 Å². The van der Waals surface area contributed by atoms with Gasteiger partial charge in [0.05, 0.1) is 0 Å². The summed E-state index contributed by atoms with van der Waals surface area (Å²) in [6, 6.07) is -0.440. The molecule has 0 aliphatic heterocycles. The lowest BCUT2D eigenvalue weighted by atomic mass is 10.3. The van der Waals surface area contributed by atoms with Gasteiger partial charge in [0.15, 0.2) is 0 Å². The van der Waals surface area contributed by atoms with E-state index in [0.717, 1.165) is 6.42 Å². The predicted octanol–water partition coefficient (Wildman–Crippen LogP) is 1.24. The number of alkyl halides is 1. The van der Waals surface area contributed by atoms with Crippen LogP contribution in [0.4, 0.5) is 4.79 Å². The van der Waals surface area contributed by atoms with Gasteiger partial charge in [-0.3, -0.25) is 10.1 Å². The lowest BCUT2D eigenvalue weighted by Gasteiger charge is -2.12. The second kappa shape index (κ2) is 5.80. The van der Waals surface area contributed by atoms with Crippen molar-refractivity contribution in [2.24, 2.45) is 0 Å². The van der Waals surface area contributed by atoms with E-state index in [1.807, 2.05) is 13.8 Å². The Kier molecular flexibility index (Phi) is 5.46. The molecule has 3 amide bonds. The molecule has 5 heteroatoms. The fourth-order valence-electron chi connectivity index (χ4n) is 0.573. The van der Waals surface area contributed by atoms with Crippen molar-refractivity contribution >= 4 is 23.5 Å². The molecule has 0 aliphatic carbocycles. The van der Waals surface area contributed by atoms with Gasteiger partial charge < -0.3 is 5.32 Å². The maximum atomic E-state index is 11.0. The third kappa shape index (κ3) is 5.47. The molecular weight excluding hydrogens is 192 g/mol. The maximum Gasteiger partial charge on any atom is 0.321 e. The molecule has 76 valence electrons. The van der Waals surface area contributed by atoms with Crippen LogP contribution in [0.25, 0.3) is 0 Å². The van der Waals surface area contributed by atoms with Crippen LogP contribution in [0, 0.1) is 0 Å². The molecule has 2 atom stereocenters. The van der Waals surface area contributed by atoms with E-state index in [2.05, 4.69) is 10.6 Å². The highest BCUT2D eigenvalue weighted by Crippen LogP contribution is 1.92. The molecule has 0 fully saturated rings. The second-order valence-corrected chi connectivity index (χ2v) is 3.54. The Morgan fingerprint density at radius 3 is 2.31 bits per heavy atom. The number of nitrogens with one attached hydrogen (secondary N) is 2. The van der Waals surface area contributed by atoms with Gasteiger partial charge in [-0.1, -0.05) is 6.92 Å². The first-order valence-corrected chi connectivity index (χ1v) is 4.66. The zero-order chi connectivity index (χ0) is 10.4. The maximum absolute atomic E-state index is 11.0. The molecule has 0 aromatic heterocycles. The van der Waals surface area contributed by atoms with E-state index in [1.54, 1.807) is 0 Å². The Hall–Kier alpha value is -0.770. The molecule has 0 saturated heterocycles. The van der Waals surface area contributed by atoms with Crippen LogP contribution in [-0.2, 0) is 4.79 Å². The van der Waals surface area contributed by atoms with Crippen LogP contribution in [-0.4, -0.2) is 23.4 Å². The van der Waals surface area contributed by atoms with Crippen LogP contribution in [0.15, 0.2) is 0 Å². The summed E-state index contributed by atoms with van der Waals surface area (Å²) >= 11 is 5.45. The van der Waals surface area contributed by atoms with E-state index in [0.29, 0.717) is 0 Å². The number of hydrogen-bond donors (Lipinski definition) is 2. The third-order valence-corrected chi connectivity index (χ3v) is 1.79. The van der Waals surface area contributed by atoms with Crippen LogP contribution < -0.4 is 10.6 Å². The summed E-state index contributed by atoms with van der Waals surface area (Å²) in [5.74, 6) is -0.484. The molecule has 13 heavy (non-hydrogen) atoms. The minimum absolute atomic E-state index is 0.0541. The SMILES string of the molecule is CCC(C)NC(=O)NC(=O)C(C)Cl. The summed E-state index contributed by atoms with van der Waals surface area (Å²) in [5.41, 5.74) is 0. The number of carbonyl (C=O) groups is 2. The average Bonchev–Trinajstić information content (AvgIpc) is 2.03. The number of hydrogen-bond acceptors (Lipinski definition) is 2. The van der Waals surface area contributed by atoms with Crippen LogP contribution >= 0.6 is 11.6 Å².